The Morgan fingerprint density at radius 2 is 1.83 bits per heavy atom. The first-order chi connectivity index (χ1) is 14.5. The van der Waals surface area contributed by atoms with Crippen molar-refractivity contribution in [2.24, 2.45) is 7.05 Å². The number of nitrogens with zero attached hydrogens (tertiary/aromatic N) is 6. The number of pyridine rings is 1. The number of aryl methyl sites for hydroxylation is 1. The summed E-state index contributed by atoms with van der Waals surface area (Å²) in [6.45, 7) is 4.15. The molecule has 0 aliphatic carbocycles. The van der Waals surface area contributed by atoms with E-state index in [0.29, 0.717) is 10.9 Å². The van der Waals surface area contributed by atoms with E-state index in [0.717, 1.165) is 28.3 Å². The second-order valence-electron chi connectivity index (χ2n) is 7.12. The molecule has 0 unspecified atom stereocenters. The van der Waals surface area contributed by atoms with Crippen molar-refractivity contribution in [1.29, 1.82) is 0 Å². The maximum absolute atomic E-state index is 5.45. The molecule has 9 heteroatoms. The van der Waals surface area contributed by atoms with Crippen LogP contribution in [-0.2, 0) is 7.05 Å². The van der Waals surface area contributed by atoms with E-state index in [-0.39, 0.29) is 6.04 Å². The van der Waals surface area contributed by atoms with Gasteiger partial charge in [-0.05, 0) is 55.9 Å². The zero-order valence-electron chi connectivity index (χ0n) is 16.9. The van der Waals surface area contributed by atoms with Crippen molar-refractivity contribution < 1.29 is 0 Å². The van der Waals surface area contributed by atoms with Gasteiger partial charge in [0.2, 0.25) is 0 Å². The van der Waals surface area contributed by atoms with Gasteiger partial charge in [0.25, 0.3) is 0 Å². The van der Waals surface area contributed by atoms with E-state index in [1.807, 2.05) is 66.5 Å². The summed E-state index contributed by atoms with van der Waals surface area (Å²) in [5.41, 5.74) is 3.78. The number of thiocarbonyl (C=S) groups is 1. The van der Waals surface area contributed by atoms with E-state index in [1.165, 1.54) is 0 Å². The highest BCUT2D eigenvalue weighted by Gasteiger charge is 2.12. The fourth-order valence-corrected chi connectivity index (χ4v) is 3.25. The lowest BCUT2D eigenvalue weighted by Crippen LogP contribution is -2.19. The van der Waals surface area contributed by atoms with E-state index in [9.17, 15) is 0 Å². The minimum Gasteiger partial charge on any atom is -0.332 e. The number of nitrogens with one attached hydrogen (secondary N) is 2. The van der Waals surface area contributed by atoms with Crippen molar-refractivity contribution in [2.45, 2.75) is 19.9 Å². The molecule has 4 rings (SSSR count). The number of aromatic nitrogens is 6. The molecule has 0 spiro atoms. The van der Waals surface area contributed by atoms with Gasteiger partial charge in [-0.2, -0.15) is 5.10 Å². The Bertz CT molecular complexity index is 1160. The average Bonchev–Trinajstić information content (AvgIpc) is 3.38. The molecule has 0 bridgehead atoms. The van der Waals surface area contributed by atoms with Gasteiger partial charge < -0.3 is 15.2 Å². The van der Waals surface area contributed by atoms with Gasteiger partial charge in [-0.3, -0.25) is 4.68 Å². The zero-order valence-corrected chi connectivity index (χ0v) is 17.8. The van der Waals surface area contributed by atoms with E-state index in [2.05, 4.69) is 44.8 Å². The molecule has 0 atom stereocenters. The Hall–Kier alpha value is -3.59. The Morgan fingerprint density at radius 3 is 2.53 bits per heavy atom. The van der Waals surface area contributed by atoms with Crippen LogP contribution in [0.15, 0.2) is 61.2 Å². The number of benzene rings is 1. The van der Waals surface area contributed by atoms with Crippen LogP contribution in [0, 0.1) is 0 Å². The molecule has 3 heterocycles. The summed E-state index contributed by atoms with van der Waals surface area (Å²) < 4.78 is 3.76. The fraction of sp³-hybridized carbons (Fsp3) is 0.190. The molecule has 0 saturated heterocycles. The lowest BCUT2D eigenvalue weighted by Gasteiger charge is -2.12. The first kappa shape index (κ1) is 19.7. The van der Waals surface area contributed by atoms with Crippen molar-refractivity contribution in [2.75, 3.05) is 10.6 Å². The van der Waals surface area contributed by atoms with Gasteiger partial charge in [-0.15, -0.1) is 10.2 Å². The molecule has 0 aliphatic heterocycles. The smallest absolute Gasteiger partial charge is 0.182 e. The molecule has 2 N–H and O–H groups in total. The normalized spacial score (nSPS) is 10.9. The van der Waals surface area contributed by atoms with Gasteiger partial charge in [-0.1, -0.05) is 18.2 Å². The number of rotatable bonds is 5. The van der Waals surface area contributed by atoms with Crippen LogP contribution in [0.3, 0.4) is 0 Å². The number of anilines is 2. The van der Waals surface area contributed by atoms with Crippen LogP contribution in [0.25, 0.3) is 22.6 Å². The van der Waals surface area contributed by atoms with Gasteiger partial charge in [0.1, 0.15) is 17.8 Å². The van der Waals surface area contributed by atoms with Crippen LogP contribution >= 0.6 is 12.2 Å². The molecule has 0 amide bonds. The largest absolute Gasteiger partial charge is 0.332 e. The maximum Gasteiger partial charge on any atom is 0.182 e. The lowest BCUT2D eigenvalue weighted by atomic mass is 10.1. The molecular formula is C21H22N8S. The fourth-order valence-electron chi connectivity index (χ4n) is 3.03. The molecule has 0 radical (unpaired) electrons. The predicted octanol–water partition coefficient (Wildman–Crippen LogP) is 4.13. The number of hydrogen-bond donors (Lipinski definition) is 2. The molecule has 0 fully saturated rings. The molecule has 8 nitrogen and oxygen atoms in total. The van der Waals surface area contributed by atoms with Crippen molar-refractivity contribution in [3.8, 4) is 22.6 Å². The van der Waals surface area contributed by atoms with Crippen LogP contribution in [0.1, 0.15) is 19.9 Å². The van der Waals surface area contributed by atoms with Crippen molar-refractivity contribution in [3.05, 3.63) is 61.2 Å². The maximum atomic E-state index is 5.45. The molecule has 3 aromatic heterocycles. The number of hydrogen-bond acceptors (Lipinski definition) is 5. The van der Waals surface area contributed by atoms with Gasteiger partial charge in [-0.25, -0.2) is 4.98 Å². The monoisotopic (exact) mass is 418 g/mol. The van der Waals surface area contributed by atoms with Crippen molar-refractivity contribution >= 4 is 28.8 Å². The van der Waals surface area contributed by atoms with Crippen LogP contribution in [0.4, 0.5) is 11.5 Å². The molecule has 0 aliphatic rings. The minimum atomic E-state index is 0.241. The second kappa shape index (κ2) is 8.42. The molecule has 152 valence electrons. The van der Waals surface area contributed by atoms with Gasteiger partial charge in [0, 0.05) is 30.5 Å². The summed E-state index contributed by atoms with van der Waals surface area (Å²) in [7, 11) is 1.90. The Morgan fingerprint density at radius 1 is 1.03 bits per heavy atom. The van der Waals surface area contributed by atoms with Crippen LogP contribution in [-0.4, -0.2) is 34.6 Å². The third-order valence-corrected chi connectivity index (χ3v) is 4.73. The van der Waals surface area contributed by atoms with Crippen molar-refractivity contribution in [3.63, 3.8) is 0 Å². The minimum absolute atomic E-state index is 0.241. The summed E-state index contributed by atoms with van der Waals surface area (Å²) in [6, 6.07) is 13.9. The summed E-state index contributed by atoms with van der Waals surface area (Å²) in [5.74, 6) is 1.36. The third-order valence-electron chi connectivity index (χ3n) is 4.53. The first-order valence-corrected chi connectivity index (χ1v) is 9.94. The summed E-state index contributed by atoms with van der Waals surface area (Å²) in [4.78, 5) is 4.62. The molecule has 4 aromatic rings. The third kappa shape index (κ3) is 4.36. The average molecular weight is 419 g/mol. The Kier molecular flexibility index (Phi) is 5.53. The van der Waals surface area contributed by atoms with Gasteiger partial charge >= 0.3 is 0 Å². The Balaban J connectivity index is 1.44. The predicted molar refractivity (Wildman–Crippen MR) is 122 cm³/mol. The molecular weight excluding hydrogens is 396 g/mol. The quantitative estimate of drug-likeness (QED) is 0.471. The van der Waals surface area contributed by atoms with Crippen LogP contribution < -0.4 is 10.6 Å². The summed E-state index contributed by atoms with van der Waals surface area (Å²) >= 11 is 5.45. The highest BCUT2D eigenvalue weighted by molar-refractivity contribution is 7.80. The van der Waals surface area contributed by atoms with E-state index in [1.54, 1.807) is 11.0 Å². The lowest BCUT2D eigenvalue weighted by molar-refractivity contribution is 0.603. The van der Waals surface area contributed by atoms with E-state index >= 15 is 0 Å². The molecule has 0 saturated carbocycles. The SMILES string of the molecule is CC(C)n1cnnc1-c1cccc(NC(=S)Nc2ccc(-c3cnn(C)c3)cc2)n1. The standard InChI is InChI=1S/C21H22N8S/c1-14(2)29-13-22-27-20(29)18-5-4-6-19(25-18)26-21(30)24-17-9-7-15(8-10-17)16-11-23-28(3)12-16/h4-14H,1-3H3,(H2,24,25,26,30). The summed E-state index contributed by atoms with van der Waals surface area (Å²) in [5, 5.41) is 19.2. The van der Waals surface area contributed by atoms with E-state index < -0.39 is 0 Å². The van der Waals surface area contributed by atoms with Gasteiger partial charge in [0.05, 0.1) is 6.20 Å². The molecule has 30 heavy (non-hydrogen) atoms. The topological polar surface area (TPSA) is 85.5 Å². The summed E-state index contributed by atoms with van der Waals surface area (Å²) in [6.07, 6.45) is 5.53. The Labute approximate surface area is 180 Å². The van der Waals surface area contributed by atoms with E-state index in [4.69, 9.17) is 12.2 Å². The molecule has 1 aromatic carbocycles. The van der Waals surface area contributed by atoms with Crippen LogP contribution in [0.5, 0.6) is 0 Å². The highest BCUT2D eigenvalue weighted by atomic mass is 32.1. The van der Waals surface area contributed by atoms with Crippen molar-refractivity contribution in [1.82, 2.24) is 29.5 Å². The van der Waals surface area contributed by atoms with Gasteiger partial charge in [0.15, 0.2) is 10.9 Å². The highest BCUT2D eigenvalue weighted by Crippen LogP contribution is 2.22. The first-order valence-electron chi connectivity index (χ1n) is 9.53. The second-order valence-corrected chi connectivity index (χ2v) is 7.53. The zero-order chi connectivity index (χ0) is 21.1. The van der Waals surface area contributed by atoms with Crippen LogP contribution in [0.2, 0.25) is 0 Å².